The fourth-order valence-electron chi connectivity index (χ4n) is 4.02. The van der Waals surface area contributed by atoms with E-state index in [4.69, 9.17) is 9.47 Å². The molecule has 5 nitrogen and oxygen atoms in total. The second kappa shape index (κ2) is 11.9. The number of rotatable bonds is 8. The lowest BCUT2D eigenvalue weighted by Gasteiger charge is -2.15. The molecule has 0 aliphatic heterocycles. The summed E-state index contributed by atoms with van der Waals surface area (Å²) in [6.45, 7) is 6.66. The molecule has 0 aliphatic carbocycles. The zero-order valence-corrected chi connectivity index (χ0v) is 23.1. The summed E-state index contributed by atoms with van der Waals surface area (Å²) >= 11 is 2.19. The standard InChI is InChI=1S/C31H27IN2O3/c1-4-36-29-17-23(15-26(18-33)31(35)34-28-12-9-20(2)13-21(28)3)16-27(32)30(29)37-19-22-10-11-24-7-5-6-8-25(24)14-22/h5-17H,4,19H2,1-3H3,(H,34,35)/b26-15+. The van der Waals surface area contributed by atoms with Gasteiger partial charge in [-0.2, -0.15) is 5.26 Å². The summed E-state index contributed by atoms with van der Waals surface area (Å²) in [6.07, 6.45) is 1.57. The SMILES string of the molecule is CCOc1cc(/C=C(\C#N)C(=O)Nc2ccc(C)cc2C)cc(I)c1OCc1ccc2ccccc2c1. The van der Waals surface area contributed by atoms with Crippen molar-refractivity contribution in [2.24, 2.45) is 0 Å². The lowest BCUT2D eigenvalue weighted by atomic mass is 10.1. The van der Waals surface area contributed by atoms with E-state index in [1.54, 1.807) is 12.1 Å². The first-order valence-corrected chi connectivity index (χ1v) is 13.0. The molecule has 0 aromatic heterocycles. The maximum atomic E-state index is 12.8. The van der Waals surface area contributed by atoms with Gasteiger partial charge in [-0.05, 0) is 101 Å². The number of carbonyl (C=O) groups is 1. The number of hydrogen-bond donors (Lipinski definition) is 1. The van der Waals surface area contributed by atoms with Gasteiger partial charge >= 0.3 is 0 Å². The Morgan fingerprint density at radius 1 is 1.00 bits per heavy atom. The Hall–Kier alpha value is -3.83. The molecule has 0 heterocycles. The molecule has 0 fully saturated rings. The minimum Gasteiger partial charge on any atom is -0.490 e. The number of nitrogens with one attached hydrogen (secondary N) is 1. The quantitative estimate of drug-likeness (QED) is 0.128. The number of hydrogen-bond acceptors (Lipinski definition) is 4. The van der Waals surface area contributed by atoms with Gasteiger partial charge in [0.1, 0.15) is 18.2 Å². The molecule has 0 atom stereocenters. The third-order valence-corrected chi connectivity index (χ3v) is 6.64. The molecule has 0 unspecified atom stereocenters. The first-order chi connectivity index (χ1) is 17.9. The highest BCUT2D eigenvalue weighted by atomic mass is 127. The largest absolute Gasteiger partial charge is 0.490 e. The Labute approximate surface area is 230 Å². The number of aryl methyl sites for hydroxylation is 2. The van der Waals surface area contributed by atoms with Crippen LogP contribution in [0.4, 0.5) is 5.69 Å². The van der Waals surface area contributed by atoms with Crippen molar-refractivity contribution < 1.29 is 14.3 Å². The minimum absolute atomic E-state index is 0.00283. The van der Waals surface area contributed by atoms with Crippen molar-refractivity contribution in [2.45, 2.75) is 27.4 Å². The van der Waals surface area contributed by atoms with Crippen molar-refractivity contribution in [3.05, 3.63) is 104 Å². The lowest BCUT2D eigenvalue weighted by molar-refractivity contribution is -0.112. The Morgan fingerprint density at radius 3 is 2.51 bits per heavy atom. The fourth-order valence-corrected chi connectivity index (χ4v) is 4.80. The molecule has 0 bridgehead atoms. The van der Waals surface area contributed by atoms with Crippen molar-refractivity contribution in [1.82, 2.24) is 0 Å². The molecular weight excluding hydrogens is 575 g/mol. The first-order valence-electron chi connectivity index (χ1n) is 11.9. The predicted molar refractivity (Wildman–Crippen MR) is 157 cm³/mol. The summed E-state index contributed by atoms with van der Waals surface area (Å²) in [5.41, 5.74) is 4.45. The minimum atomic E-state index is -0.459. The van der Waals surface area contributed by atoms with Crippen LogP contribution in [0.3, 0.4) is 0 Å². The van der Waals surface area contributed by atoms with E-state index in [2.05, 4.69) is 58.2 Å². The molecular formula is C31H27IN2O3. The molecule has 0 saturated heterocycles. The average molecular weight is 602 g/mol. The zero-order valence-electron chi connectivity index (χ0n) is 21.0. The molecule has 4 rings (SSSR count). The van der Waals surface area contributed by atoms with Crippen LogP contribution >= 0.6 is 22.6 Å². The monoisotopic (exact) mass is 602 g/mol. The van der Waals surface area contributed by atoms with Gasteiger partial charge in [0, 0.05) is 5.69 Å². The molecule has 6 heteroatoms. The second-order valence-electron chi connectivity index (χ2n) is 8.68. The maximum absolute atomic E-state index is 12.8. The number of ether oxygens (including phenoxy) is 2. The van der Waals surface area contributed by atoms with Crippen molar-refractivity contribution in [1.29, 1.82) is 5.26 Å². The van der Waals surface area contributed by atoms with Crippen LogP contribution in [-0.2, 0) is 11.4 Å². The van der Waals surface area contributed by atoms with Crippen LogP contribution in [0.1, 0.15) is 29.2 Å². The predicted octanol–water partition coefficient (Wildman–Crippen LogP) is 7.58. The van der Waals surface area contributed by atoms with E-state index in [1.807, 2.05) is 63.2 Å². The highest BCUT2D eigenvalue weighted by molar-refractivity contribution is 14.1. The molecule has 1 amide bonds. The number of halogens is 1. The summed E-state index contributed by atoms with van der Waals surface area (Å²) in [6, 6.07) is 25.9. The molecule has 0 aliphatic rings. The van der Waals surface area contributed by atoms with E-state index >= 15 is 0 Å². The third kappa shape index (κ3) is 6.49. The number of anilines is 1. The topological polar surface area (TPSA) is 71.3 Å². The number of amides is 1. The van der Waals surface area contributed by atoms with Crippen molar-refractivity contribution in [2.75, 3.05) is 11.9 Å². The van der Waals surface area contributed by atoms with Gasteiger partial charge in [0.15, 0.2) is 11.5 Å². The highest BCUT2D eigenvalue weighted by Gasteiger charge is 2.15. The highest BCUT2D eigenvalue weighted by Crippen LogP contribution is 2.36. The van der Waals surface area contributed by atoms with Crippen molar-refractivity contribution in [3.8, 4) is 17.6 Å². The van der Waals surface area contributed by atoms with Crippen molar-refractivity contribution >= 4 is 51.0 Å². The number of nitrogens with zero attached hydrogens (tertiary/aromatic N) is 1. The lowest BCUT2D eigenvalue weighted by Crippen LogP contribution is -2.14. The van der Waals surface area contributed by atoms with Gasteiger partial charge in [-0.1, -0.05) is 54.1 Å². The van der Waals surface area contributed by atoms with Gasteiger partial charge in [-0.15, -0.1) is 0 Å². The molecule has 37 heavy (non-hydrogen) atoms. The third-order valence-electron chi connectivity index (χ3n) is 5.83. The molecule has 0 spiro atoms. The van der Waals surface area contributed by atoms with Crippen molar-refractivity contribution in [3.63, 3.8) is 0 Å². The summed E-state index contributed by atoms with van der Waals surface area (Å²) in [4.78, 5) is 12.8. The average Bonchev–Trinajstić information content (AvgIpc) is 2.88. The van der Waals surface area contributed by atoms with E-state index in [0.717, 1.165) is 25.6 Å². The molecule has 186 valence electrons. The van der Waals surface area contributed by atoms with E-state index < -0.39 is 5.91 Å². The summed E-state index contributed by atoms with van der Waals surface area (Å²) < 4.78 is 12.9. The normalized spacial score (nSPS) is 11.2. The van der Waals surface area contributed by atoms with Crippen LogP contribution in [-0.4, -0.2) is 12.5 Å². The molecule has 0 radical (unpaired) electrons. The van der Waals surface area contributed by atoms with Gasteiger partial charge in [0.2, 0.25) is 0 Å². The Morgan fingerprint density at radius 2 is 1.78 bits per heavy atom. The van der Waals surface area contributed by atoms with E-state index in [-0.39, 0.29) is 5.57 Å². The van der Waals surface area contributed by atoms with Gasteiger partial charge in [-0.25, -0.2) is 0 Å². The van der Waals surface area contributed by atoms with Gasteiger partial charge in [0.25, 0.3) is 5.91 Å². The number of carbonyl (C=O) groups excluding carboxylic acids is 1. The maximum Gasteiger partial charge on any atom is 0.266 e. The van der Waals surface area contributed by atoms with E-state index in [9.17, 15) is 10.1 Å². The summed E-state index contributed by atoms with van der Waals surface area (Å²) in [7, 11) is 0. The Kier molecular flexibility index (Phi) is 8.47. The van der Waals surface area contributed by atoms with Crippen LogP contribution in [0.5, 0.6) is 11.5 Å². The Balaban J connectivity index is 1.57. The second-order valence-corrected chi connectivity index (χ2v) is 9.84. The van der Waals surface area contributed by atoms with Crippen LogP contribution in [0.2, 0.25) is 0 Å². The van der Waals surface area contributed by atoms with Crippen LogP contribution in [0.15, 0.2) is 78.4 Å². The zero-order chi connectivity index (χ0) is 26.4. The number of nitriles is 1. The van der Waals surface area contributed by atoms with E-state index in [0.29, 0.717) is 36.0 Å². The smallest absolute Gasteiger partial charge is 0.266 e. The van der Waals surface area contributed by atoms with Gasteiger partial charge < -0.3 is 14.8 Å². The van der Waals surface area contributed by atoms with Crippen LogP contribution < -0.4 is 14.8 Å². The molecule has 4 aromatic rings. The van der Waals surface area contributed by atoms with Crippen LogP contribution in [0, 0.1) is 28.7 Å². The molecule has 0 saturated carbocycles. The first kappa shape index (κ1) is 26.2. The number of fused-ring (bicyclic) bond motifs is 1. The summed E-state index contributed by atoms with van der Waals surface area (Å²) in [5, 5.41) is 14.9. The fraction of sp³-hybridized carbons (Fsp3) is 0.161. The molecule has 1 N–H and O–H groups in total. The summed E-state index contributed by atoms with van der Waals surface area (Å²) in [5.74, 6) is 0.735. The van der Waals surface area contributed by atoms with Crippen LogP contribution in [0.25, 0.3) is 16.8 Å². The number of benzene rings is 4. The molecule has 4 aromatic carbocycles. The van der Waals surface area contributed by atoms with E-state index in [1.165, 1.54) is 5.39 Å². The van der Waals surface area contributed by atoms with Gasteiger partial charge in [-0.3, -0.25) is 4.79 Å². The van der Waals surface area contributed by atoms with Gasteiger partial charge in [0.05, 0.1) is 10.2 Å². The Bertz CT molecular complexity index is 1540.